The largest absolute Gasteiger partial charge is 0.480 e. The molecule has 0 heterocycles. The van der Waals surface area contributed by atoms with Crippen LogP contribution in [-0.2, 0) is 19.1 Å². The molecule has 24 heavy (non-hydrogen) atoms. The highest BCUT2D eigenvalue weighted by atomic mass is 32.2. The van der Waals surface area contributed by atoms with E-state index in [9.17, 15) is 19.2 Å². The fraction of sp³-hybridized carbons (Fsp3) is 0.375. The highest BCUT2D eigenvalue weighted by molar-refractivity contribution is 8.13. The van der Waals surface area contributed by atoms with Crippen LogP contribution in [0.4, 0.5) is 5.69 Å². The molecule has 1 amide bonds. The predicted octanol–water partition coefficient (Wildman–Crippen LogP) is 1.81. The second-order valence-electron chi connectivity index (χ2n) is 5.03. The number of rotatable bonds is 7. The zero-order chi connectivity index (χ0) is 18.3. The van der Waals surface area contributed by atoms with Crippen molar-refractivity contribution in [1.29, 1.82) is 0 Å². The number of esters is 1. The number of hydrogen-bond acceptors (Lipinski definition) is 6. The van der Waals surface area contributed by atoms with Crippen LogP contribution in [0.3, 0.4) is 0 Å². The van der Waals surface area contributed by atoms with Gasteiger partial charge in [-0.05, 0) is 12.1 Å². The number of aliphatic carboxylic acids is 1. The van der Waals surface area contributed by atoms with E-state index in [1.165, 1.54) is 26.2 Å². The highest BCUT2D eigenvalue weighted by Gasteiger charge is 2.27. The van der Waals surface area contributed by atoms with Crippen molar-refractivity contribution in [2.75, 3.05) is 24.3 Å². The van der Waals surface area contributed by atoms with Gasteiger partial charge in [0.25, 0.3) is 0 Å². The van der Waals surface area contributed by atoms with Crippen molar-refractivity contribution in [2.45, 2.75) is 13.8 Å². The van der Waals surface area contributed by atoms with Crippen molar-refractivity contribution in [2.24, 2.45) is 5.92 Å². The van der Waals surface area contributed by atoms with Gasteiger partial charge < -0.3 is 14.7 Å². The zero-order valence-electron chi connectivity index (χ0n) is 13.6. The van der Waals surface area contributed by atoms with Gasteiger partial charge in [-0.25, -0.2) is 4.79 Å². The van der Waals surface area contributed by atoms with Gasteiger partial charge in [-0.15, -0.1) is 0 Å². The van der Waals surface area contributed by atoms with Crippen LogP contribution in [0.25, 0.3) is 0 Å². The molecule has 0 bridgehead atoms. The molecule has 1 rings (SSSR count). The number of carbonyl (C=O) groups is 4. The number of benzene rings is 1. The molecular formula is C16H19NO6S. The Morgan fingerprint density at radius 3 is 2.42 bits per heavy atom. The number of carboxylic acids is 1. The summed E-state index contributed by atoms with van der Waals surface area (Å²) in [7, 11) is 1.20. The molecule has 1 aromatic rings. The Hall–Kier alpha value is -2.35. The summed E-state index contributed by atoms with van der Waals surface area (Å²) >= 11 is 0.989. The van der Waals surface area contributed by atoms with Gasteiger partial charge in [0.1, 0.15) is 6.54 Å². The van der Waals surface area contributed by atoms with E-state index < -0.39 is 30.3 Å². The van der Waals surface area contributed by atoms with Crippen molar-refractivity contribution in [3.63, 3.8) is 0 Å². The maximum Gasteiger partial charge on any atom is 0.339 e. The summed E-state index contributed by atoms with van der Waals surface area (Å²) in [6.45, 7) is 2.40. The Morgan fingerprint density at radius 2 is 1.88 bits per heavy atom. The number of carbonyl (C=O) groups excluding carboxylic acids is 3. The van der Waals surface area contributed by atoms with Gasteiger partial charge in [0.15, 0.2) is 5.12 Å². The summed E-state index contributed by atoms with van der Waals surface area (Å²) in [6.07, 6.45) is 0. The molecule has 7 nitrogen and oxygen atoms in total. The number of nitrogens with zero attached hydrogens (tertiary/aromatic N) is 1. The first-order chi connectivity index (χ1) is 11.3. The summed E-state index contributed by atoms with van der Waals surface area (Å²) < 4.78 is 4.68. The van der Waals surface area contributed by atoms with Gasteiger partial charge in [0.2, 0.25) is 5.91 Å². The smallest absolute Gasteiger partial charge is 0.339 e. The Balaban J connectivity index is 3.18. The van der Waals surface area contributed by atoms with Crippen LogP contribution in [0.2, 0.25) is 0 Å². The van der Waals surface area contributed by atoms with E-state index in [4.69, 9.17) is 5.11 Å². The number of thioether (sulfide) groups is 1. The topological polar surface area (TPSA) is 101 Å². The van der Waals surface area contributed by atoms with Crippen LogP contribution in [0, 0.1) is 5.92 Å². The van der Waals surface area contributed by atoms with Gasteiger partial charge in [-0.3, -0.25) is 14.4 Å². The number of methoxy groups -OCH3 is 1. The maximum absolute atomic E-state index is 12.6. The van der Waals surface area contributed by atoms with Crippen LogP contribution in [-0.4, -0.2) is 47.5 Å². The summed E-state index contributed by atoms with van der Waals surface area (Å²) in [5, 5.41) is 8.98. The van der Waals surface area contributed by atoms with Crippen LogP contribution in [0.15, 0.2) is 24.3 Å². The van der Waals surface area contributed by atoms with Crippen LogP contribution >= 0.6 is 11.8 Å². The second-order valence-corrected chi connectivity index (χ2v) is 6.23. The molecule has 0 saturated heterocycles. The van der Waals surface area contributed by atoms with Gasteiger partial charge in [0.05, 0.1) is 18.4 Å². The number of anilines is 1. The lowest BCUT2D eigenvalue weighted by Crippen LogP contribution is -2.40. The minimum Gasteiger partial charge on any atom is -0.480 e. The van der Waals surface area contributed by atoms with Crippen LogP contribution < -0.4 is 4.90 Å². The van der Waals surface area contributed by atoms with E-state index in [2.05, 4.69) is 4.74 Å². The molecule has 0 aromatic heterocycles. The molecule has 130 valence electrons. The molecule has 0 fully saturated rings. The third-order valence-corrected chi connectivity index (χ3v) is 4.19. The Morgan fingerprint density at radius 1 is 1.25 bits per heavy atom. The third kappa shape index (κ3) is 5.38. The lowest BCUT2D eigenvalue weighted by molar-refractivity contribution is -0.137. The van der Waals surface area contributed by atoms with E-state index in [0.29, 0.717) is 0 Å². The minimum absolute atomic E-state index is 0.0982. The fourth-order valence-corrected chi connectivity index (χ4v) is 2.62. The van der Waals surface area contributed by atoms with E-state index >= 15 is 0 Å². The molecule has 1 N–H and O–H groups in total. The van der Waals surface area contributed by atoms with Gasteiger partial charge in [-0.1, -0.05) is 30.8 Å². The van der Waals surface area contributed by atoms with Gasteiger partial charge in [-0.2, -0.15) is 0 Å². The molecule has 0 spiro atoms. The number of para-hydroxylation sites is 1. The summed E-state index contributed by atoms with van der Waals surface area (Å²) in [4.78, 5) is 47.8. The first kappa shape index (κ1) is 19.7. The number of amides is 1. The Labute approximate surface area is 144 Å². The summed E-state index contributed by atoms with van der Waals surface area (Å²) in [5.74, 6) is -2.73. The standard InChI is InChI=1S/C16H19NO6S/c1-10(9-24-11(2)18)15(21)17(8-14(19)20)13-7-5-4-6-12(13)16(22)23-3/h4-7,10H,8-9H2,1-3H3,(H,19,20)/t10-/m1/s1. The molecule has 0 unspecified atom stereocenters. The average molecular weight is 353 g/mol. The van der Waals surface area contributed by atoms with E-state index in [1.54, 1.807) is 19.1 Å². The quantitative estimate of drug-likeness (QED) is 0.746. The van der Waals surface area contributed by atoms with Crippen molar-refractivity contribution >= 4 is 40.4 Å². The molecule has 1 atom stereocenters. The molecule has 0 aliphatic carbocycles. The highest BCUT2D eigenvalue weighted by Crippen LogP contribution is 2.24. The molecule has 0 saturated carbocycles. The average Bonchev–Trinajstić information content (AvgIpc) is 2.56. The van der Waals surface area contributed by atoms with Crippen LogP contribution in [0.5, 0.6) is 0 Å². The minimum atomic E-state index is -1.21. The predicted molar refractivity (Wildman–Crippen MR) is 90.1 cm³/mol. The fourth-order valence-electron chi connectivity index (χ4n) is 1.99. The third-order valence-electron chi connectivity index (χ3n) is 3.12. The Kier molecular flexibility index (Phi) is 7.44. The van der Waals surface area contributed by atoms with E-state index in [1.807, 2.05) is 0 Å². The maximum atomic E-state index is 12.6. The first-order valence-corrected chi connectivity index (χ1v) is 8.10. The molecule has 0 aliphatic rings. The van der Waals surface area contributed by atoms with Crippen molar-refractivity contribution in [3.05, 3.63) is 29.8 Å². The molecular weight excluding hydrogens is 334 g/mol. The normalized spacial score (nSPS) is 11.5. The van der Waals surface area contributed by atoms with Gasteiger partial charge in [0, 0.05) is 18.6 Å². The van der Waals surface area contributed by atoms with Crippen molar-refractivity contribution < 1.29 is 29.0 Å². The SMILES string of the molecule is COC(=O)c1ccccc1N(CC(=O)O)C(=O)[C@H](C)CSC(C)=O. The number of hydrogen-bond donors (Lipinski definition) is 1. The molecule has 0 radical (unpaired) electrons. The Bertz CT molecular complexity index is 645. The van der Waals surface area contributed by atoms with Crippen molar-refractivity contribution in [3.8, 4) is 0 Å². The summed E-state index contributed by atoms with van der Waals surface area (Å²) in [6, 6.07) is 6.13. The second kappa shape index (κ2) is 9.07. The van der Waals surface area contributed by atoms with Crippen LogP contribution in [0.1, 0.15) is 24.2 Å². The zero-order valence-corrected chi connectivity index (χ0v) is 14.5. The molecule has 0 aliphatic heterocycles. The molecule has 1 aromatic carbocycles. The number of carboxylic acid groups (broad SMARTS) is 1. The lowest BCUT2D eigenvalue weighted by atomic mass is 10.1. The number of ether oxygens (including phenoxy) is 1. The van der Waals surface area contributed by atoms with Crippen molar-refractivity contribution in [1.82, 2.24) is 0 Å². The van der Waals surface area contributed by atoms with Gasteiger partial charge >= 0.3 is 11.9 Å². The first-order valence-electron chi connectivity index (χ1n) is 7.11. The molecule has 8 heteroatoms. The lowest BCUT2D eigenvalue weighted by Gasteiger charge is -2.25. The van der Waals surface area contributed by atoms with E-state index in [-0.39, 0.29) is 22.1 Å². The monoisotopic (exact) mass is 353 g/mol. The summed E-state index contributed by atoms with van der Waals surface area (Å²) in [5.41, 5.74) is 0.262. The van der Waals surface area contributed by atoms with E-state index in [0.717, 1.165) is 16.7 Å².